The van der Waals surface area contributed by atoms with Crippen molar-refractivity contribution in [3.63, 3.8) is 0 Å². The summed E-state index contributed by atoms with van der Waals surface area (Å²) >= 11 is 6.49. The van der Waals surface area contributed by atoms with Gasteiger partial charge in [0.25, 0.3) is 5.91 Å². The number of fused-ring (bicyclic) bond motifs is 1. The summed E-state index contributed by atoms with van der Waals surface area (Å²) in [5.41, 5.74) is 2.84. The average molecular weight is 522 g/mol. The van der Waals surface area contributed by atoms with Crippen LogP contribution in [0.2, 0.25) is 5.02 Å². The predicted octanol–water partition coefficient (Wildman–Crippen LogP) is 6.65. The third kappa shape index (κ3) is 6.03. The van der Waals surface area contributed by atoms with Crippen LogP contribution in [0.4, 0.5) is 5.69 Å². The average Bonchev–Trinajstić information content (AvgIpc) is 2.92. The van der Waals surface area contributed by atoms with Crippen LogP contribution >= 0.6 is 11.6 Å². The fraction of sp³-hybridized carbons (Fsp3) is 0.367. The van der Waals surface area contributed by atoms with E-state index in [1.807, 2.05) is 36.4 Å². The normalized spacial score (nSPS) is 20.9. The molecule has 1 fully saturated rings. The smallest absolute Gasteiger partial charge is 0.262 e. The maximum atomic E-state index is 12.5. The van der Waals surface area contributed by atoms with Gasteiger partial charge in [-0.25, -0.2) is 0 Å². The van der Waals surface area contributed by atoms with Crippen LogP contribution in [0.15, 0.2) is 66.7 Å². The van der Waals surface area contributed by atoms with Gasteiger partial charge in [0.1, 0.15) is 19.0 Å². The van der Waals surface area contributed by atoms with Gasteiger partial charge < -0.3 is 24.3 Å². The maximum absolute atomic E-state index is 12.5. The van der Waals surface area contributed by atoms with Crippen molar-refractivity contribution in [1.82, 2.24) is 0 Å². The van der Waals surface area contributed by atoms with Crippen molar-refractivity contribution in [3.8, 4) is 17.2 Å². The molecule has 0 spiro atoms. The minimum atomic E-state index is -0.251. The van der Waals surface area contributed by atoms with Gasteiger partial charge in [0.2, 0.25) is 0 Å². The number of amides is 1. The van der Waals surface area contributed by atoms with E-state index >= 15 is 0 Å². The Kier molecular flexibility index (Phi) is 7.87. The highest BCUT2D eigenvalue weighted by Gasteiger charge is 2.35. The van der Waals surface area contributed by atoms with Gasteiger partial charge in [-0.2, -0.15) is 0 Å². The van der Waals surface area contributed by atoms with E-state index in [9.17, 15) is 4.79 Å². The molecule has 0 unspecified atom stereocenters. The molecule has 3 atom stereocenters. The molecule has 0 aromatic heterocycles. The van der Waals surface area contributed by atoms with Crippen LogP contribution in [0, 0.1) is 11.8 Å². The number of benzene rings is 3. The lowest BCUT2D eigenvalue weighted by atomic mass is 9.76. The number of anilines is 1. The molecular formula is C30H32ClNO5. The lowest BCUT2D eigenvalue weighted by molar-refractivity contribution is -0.118. The third-order valence-electron chi connectivity index (χ3n) is 7.01. The SMILES string of the molecule is CC(C)[C@@H]1C[C@H](c2ccccc2Cl)CO[C@H]1c1cccc(OCC(=O)Nc2ccc3c(c2)OCCO3)c1. The highest BCUT2D eigenvalue weighted by Crippen LogP contribution is 2.45. The van der Waals surface area contributed by atoms with Crippen LogP contribution in [0.3, 0.4) is 0 Å². The fourth-order valence-corrected chi connectivity index (χ4v) is 5.39. The minimum absolute atomic E-state index is 0.0474. The lowest BCUT2D eigenvalue weighted by Crippen LogP contribution is -2.31. The standard InChI is InChI=1S/C30H32ClNO5/c1-19(2)25-15-21(24-8-3-4-9-26(24)31)17-37-30(25)20-6-5-7-23(14-20)36-18-29(33)32-22-10-11-27-28(16-22)35-13-12-34-27/h3-11,14,16,19,21,25,30H,12-13,15,17-18H2,1-2H3,(H,32,33)/t21-,25-,30-/m0/s1. The molecule has 5 rings (SSSR count). The van der Waals surface area contributed by atoms with E-state index in [-0.39, 0.29) is 24.5 Å². The first kappa shape index (κ1) is 25.4. The van der Waals surface area contributed by atoms with Crippen LogP contribution in [-0.4, -0.2) is 32.3 Å². The van der Waals surface area contributed by atoms with Gasteiger partial charge in [0.05, 0.1) is 12.7 Å². The molecular weight excluding hydrogens is 490 g/mol. The zero-order valence-electron chi connectivity index (χ0n) is 21.1. The second-order valence-electron chi connectivity index (χ2n) is 9.88. The van der Waals surface area contributed by atoms with Gasteiger partial charge in [-0.05, 0) is 59.7 Å². The lowest BCUT2D eigenvalue weighted by Gasteiger charge is -2.39. The first-order chi connectivity index (χ1) is 18.0. The van der Waals surface area contributed by atoms with Crippen LogP contribution in [0.1, 0.15) is 43.4 Å². The Morgan fingerprint density at radius 2 is 1.84 bits per heavy atom. The molecule has 37 heavy (non-hydrogen) atoms. The topological polar surface area (TPSA) is 66.0 Å². The number of nitrogens with one attached hydrogen (secondary N) is 1. The number of rotatable bonds is 7. The largest absolute Gasteiger partial charge is 0.486 e. The van der Waals surface area contributed by atoms with Crippen LogP contribution in [0.25, 0.3) is 0 Å². The summed E-state index contributed by atoms with van der Waals surface area (Å²) < 4.78 is 23.4. The van der Waals surface area contributed by atoms with Crippen LogP contribution in [0.5, 0.6) is 17.2 Å². The molecule has 2 aliphatic heterocycles. The molecule has 194 valence electrons. The molecule has 1 N–H and O–H groups in total. The Morgan fingerprint density at radius 3 is 2.65 bits per heavy atom. The molecule has 1 amide bonds. The number of hydrogen-bond donors (Lipinski definition) is 1. The molecule has 7 heteroatoms. The molecule has 3 aromatic carbocycles. The molecule has 6 nitrogen and oxygen atoms in total. The van der Waals surface area contributed by atoms with Gasteiger partial charge in [-0.15, -0.1) is 0 Å². The van der Waals surface area contributed by atoms with E-state index in [0.29, 0.717) is 54.6 Å². The second-order valence-corrected chi connectivity index (χ2v) is 10.3. The molecule has 0 aliphatic carbocycles. The highest BCUT2D eigenvalue weighted by atomic mass is 35.5. The molecule has 1 saturated heterocycles. The Bertz CT molecular complexity index is 1250. The van der Waals surface area contributed by atoms with Gasteiger partial charge in [0.15, 0.2) is 18.1 Å². The number of ether oxygens (including phenoxy) is 4. The molecule has 0 bridgehead atoms. The quantitative estimate of drug-likeness (QED) is 0.377. The monoisotopic (exact) mass is 521 g/mol. The van der Waals surface area contributed by atoms with Crippen molar-refractivity contribution in [3.05, 3.63) is 82.9 Å². The van der Waals surface area contributed by atoms with Gasteiger partial charge in [-0.1, -0.05) is 55.8 Å². The fourth-order valence-electron chi connectivity index (χ4n) is 5.10. The summed E-state index contributed by atoms with van der Waals surface area (Å²) in [7, 11) is 0. The van der Waals surface area contributed by atoms with Crippen LogP contribution < -0.4 is 19.5 Å². The first-order valence-electron chi connectivity index (χ1n) is 12.8. The Balaban J connectivity index is 1.22. The van der Waals surface area contributed by atoms with Gasteiger partial charge in [-0.3, -0.25) is 4.79 Å². The van der Waals surface area contributed by atoms with E-state index in [2.05, 4.69) is 31.3 Å². The van der Waals surface area contributed by atoms with Gasteiger partial charge in [0, 0.05) is 22.7 Å². The second kappa shape index (κ2) is 11.4. The van der Waals surface area contributed by atoms with E-state index in [1.54, 1.807) is 18.2 Å². The highest BCUT2D eigenvalue weighted by molar-refractivity contribution is 6.31. The van der Waals surface area contributed by atoms with E-state index in [4.69, 9.17) is 30.5 Å². The van der Waals surface area contributed by atoms with Crippen molar-refractivity contribution in [1.29, 1.82) is 0 Å². The summed E-state index contributed by atoms with van der Waals surface area (Å²) in [6, 6.07) is 21.2. The summed E-state index contributed by atoms with van der Waals surface area (Å²) in [5, 5.41) is 3.65. The number of hydrogen-bond acceptors (Lipinski definition) is 5. The predicted molar refractivity (Wildman–Crippen MR) is 144 cm³/mol. The van der Waals surface area contributed by atoms with E-state index < -0.39 is 0 Å². The maximum Gasteiger partial charge on any atom is 0.262 e. The van der Waals surface area contributed by atoms with Crippen LogP contribution in [-0.2, 0) is 9.53 Å². The Hall–Kier alpha value is -3.22. The molecule has 3 aromatic rings. The van der Waals surface area contributed by atoms with Crippen molar-refractivity contribution < 1.29 is 23.7 Å². The zero-order valence-corrected chi connectivity index (χ0v) is 21.9. The summed E-state index contributed by atoms with van der Waals surface area (Å²) in [6.07, 6.45) is 0.948. The first-order valence-corrected chi connectivity index (χ1v) is 13.1. The van der Waals surface area contributed by atoms with Gasteiger partial charge >= 0.3 is 0 Å². The molecule has 0 saturated carbocycles. The molecule has 2 aliphatic rings. The molecule has 2 heterocycles. The van der Waals surface area contributed by atoms with Crippen molar-refractivity contribution >= 4 is 23.2 Å². The summed E-state index contributed by atoms with van der Waals surface area (Å²) in [5.74, 6) is 2.70. The summed E-state index contributed by atoms with van der Waals surface area (Å²) in [4.78, 5) is 12.5. The van der Waals surface area contributed by atoms with Crippen molar-refractivity contribution in [2.75, 3.05) is 31.7 Å². The molecule has 0 radical (unpaired) electrons. The number of halogens is 1. The Morgan fingerprint density at radius 1 is 1.03 bits per heavy atom. The van der Waals surface area contributed by atoms with Crippen molar-refractivity contribution in [2.24, 2.45) is 11.8 Å². The number of carbonyl (C=O) groups excluding carboxylic acids is 1. The van der Waals surface area contributed by atoms with Crippen molar-refractivity contribution in [2.45, 2.75) is 32.3 Å². The number of carbonyl (C=O) groups is 1. The minimum Gasteiger partial charge on any atom is -0.486 e. The Labute approximate surface area is 222 Å². The summed E-state index contributed by atoms with van der Waals surface area (Å²) in [6.45, 7) is 5.99. The third-order valence-corrected chi connectivity index (χ3v) is 7.35. The zero-order chi connectivity index (χ0) is 25.8. The van der Waals surface area contributed by atoms with E-state index in [0.717, 1.165) is 22.6 Å². The van der Waals surface area contributed by atoms with E-state index in [1.165, 1.54) is 0 Å².